The van der Waals surface area contributed by atoms with Crippen LogP contribution in [0.1, 0.15) is 29.7 Å². The number of anilines is 1. The van der Waals surface area contributed by atoms with Crippen molar-refractivity contribution in [1.82, 2.24) is 0 Å². The number of nitrogen functional groups attached to an aromatic ring is 1. The predicted octanol–water partition coefficient (Wildman–Crippen LogP) is 1.27. The third-order valence-electron chi connectivity index (χ3n) is 2.53. The average Bonchev–Trinajstić information content (AvgIpc) is 2.10. The van der Waals surface area contributed by atoms with Crippen molar-refractivity contribution in [2.75, 3.05) is 5.73 Å². The van der Waals surface area contributed by atoms with E-state index in [1.54, 1.807) is 6.92 Å². The van der Waals surface area contributed by atoms with E-state index >= 15 is 0 Å². The fraction of sp³-hybridized carbons (Fsp3) is 0.455. The number of aryl methyl sites for hydroxylation is 2. The smallest absolute Gasteiger partial charge is 0.0704 e. The molecule has 3 heteroatoms. The lowest BCUT2D eigenvalue weighted by molar-refractivity contribution is 0.164. The minimum Gasteiger partial charge on any atom is -0.399 e. The fourth-order valence-electron chi connectivity index (χ4n) is 1.48. The van der Waals surface area contributed by atoms with Gasteiger partial charge in [-0.15, -0.1) is 0 Å². The summed E-state index contributed by atoms with van der Waals surface area (Å²) >= 11 is 0. The molecular formula is C11H18N2O. The molecule has 0 fully saturated rings. The van der Waals surface area contributed by atoms with E-state index < -0.39 is 6.10 Å². The van der Waals surface area contributed by atoms with E-state index in [0.717, 1.165) is 22.4 Å². The van der Waals surface area contributed by atoms with Gasteiger partial charge in [-0.3, -0.25) is 0 Å². The van der Waals surface area contributed by atoms with Crippen molar-refractivity contribution in [2.45, 2.75) is 32.9 Å². The van der Waals surface area contributed by atoms with E-state index in [0.29, 0.717) is 0 Å². The quantitative estimate of drug-likeness (QED) is 0.621. The van der Waals surface area contributed by atoms with Crippen molar-refractivity contribution in [3.05, 3.63) is 28.8 Å². The second-order valence-corrected chi connectivity index (χ2v) is 3.83. The first-order chi connectivity index (χ1) is 6.43. The minimum absolute atomic E-state index is 0.339. The van der Waals surface area contributed by atoms with Gasteiger partial charge in [0.15, 0.2) is 0 Å². The molecule has 2 atom stereocenters. The number of hydrogen-bond donors (Lipinski definition) is 3. The largest absolute Gasteiger partial charge is 0.399 e. The highest BCUT2D eigenvalue weighted by Crippen LogP contribution is 2.23. The third kappa shape index (κ3) is 2.05. The maximum atomic E-state index is 9.40. The van der Waals surface area contributed by atoms with Gasteiger partial charge < -0.3 is 16.6 Å². The summed E-state index contributed by atoms with van der Waals surface area (Å²) in [5.74, 6) is 0. The fourth-order valence-corrected chi connectivity index (χ4v) is 1.48. The molecule has 0 radical (unpaired) electrons. The highest BCUT2D eigenvalue weighted by molar-refractivity contribution is 5.52. The zero-order valence-electron chi connectivity index (χ0n) is 8.91. The van der Waals surface area contributed by atoms with Crippen LogP contribution in [0.4, 0.5) is 5.69 Å². The molecule has 1 aromatic carbocycles. The van der Waals surface area contributed by atoms with Crippen molar-refractivity contribution in [3.8, 4) is 0 Å². The molecule has 1 unspecified atom stereocenters. The van der Waals surface area contributed by atoms with Crippen LogP contribution in [0.15, 0.2) is 12.1 Å². The number of hydrogen-bond acceptors (Lipinski definition) is 3. The normalized spacial score (nSPS) is 15.2. The molecule has 0 saturated carbocycles. The van der Waals surface area contributed by atoms with E-state index in [1.165, 1.54) is 0 Å². The first-order valence-electron chi connectivity index (χ1n) is 4.73. The number of aliphatic hydroxyl groups is 1. The summed E-state index contributed by atoms with van der Waals surface area (Å²) in [6.07, 6.45) is -0.545. The summed E-state index contributed by atoms with van der Waals surface area (Å²) in [5, 5.41) is 9.40. The Morgan fingerprint density at radius 3 is 2.29 bits per heavy atom. The second kappa shape index (κ2) is 3.98. The number of rotatable bonds is 2. The molecule has 1 aromatic rings. The van der Waals surface area contributed by atoms with Gasteiger partial charge in [-0.05, 0) is 43.5 Å². The number of nitrogens with two attached hydrogens (primary N) is 2. The molecule has 0 aromatic heterocycles. The summed E-state index contributed by atoms with van der Waals surface area (Å²) in [7, 11) is 0. The van der Waals surface area contributed by atoms with Crippen molar-refractivity contribution < 1.29 is 5.11 Å². The summed E-state index contributed by atoms with van der Waals surface area (Å²) in [5.41, 5.74) is 15.4. The molecule has 14 heavy (non-hydrogen) atoms. The lowest BCUT2D eigenvalue weighted by Crippen LogP contribution is -2.24. The Kier molecular flexibility index (Phi) is 3.13. The van der Waals surface area contributed by atoms with Crippen LogP contribution >= 0.6 is 0 Å². The van der Waals surface area contributed by atoms with Gasteiger partial charge in [0.05, 0.1) is 12.1 Å². The van der Waals surface area contributed by atoms with Gasteiger partial charge in [-0.1, -0.05) is 6.07 Å². The molecule has 1 rings (SSSR count). The van der Waals surface area contributed by atoms with Crippen molar-refractivity contribution in [1.29, 1.82) is 0 Å². The molecule has 0 amide bonds. The summed E-state index contributed by atoms with van der Waals surface area (Å²) in [4.78, 5) is 0. The monoisotopic (exact) mass is 194 g/mol. The average molecular weight is 194 g/mol. The molecule has 0 bridgehead atoms. The van der Waals surface area contributed by atoms with Gasteiger partial charge in [0.2, 0.25) is 0 Å². The Bertz CT molecular complexity index is 334. The van der Waals surface area contributed by atoms with E-state index in [9.17, 15) is 5.11 Å². The van der Waals surface area contributed by atoms with Crippen molar-refractivity contribution in [2.24, 2.45) is 5.73 Å². The van der Waals surface area contributed by atoms with Crippen molar-refractivity contribution >= 4 is 5.69 Å². The molecule has 0 aliphatic carbocycles. The minimum atomic E-state index is -0.545. The van der Waals surface area contributed by atoms with Crippen LogP contribution in [0.25, 0.3) is 0 Å². The molecule has 3 nitrogen and oxygen atoms in total. The van der Waals surface area contributed by atoms with Gasteiger partial charge in [0.1, 0.15) is 0 Å². The SMILES string of the molecule is Cc1cc([C@H](N)C(C)O)c(C)cc1N. The summed E-state index contributed by atoms with van der Waals surface area (Å²) < 4.78 is 0. The zero-order valence-corrected chi connectivity index (χ0v) is 8.91. The van der Waals surface area contributed by atoms with E-state index in [1.807, 2.05) is 26.0 Å². The highest BCUT2D eigenvalue weighted by atomic mass is 16.3. The Morgan fingerprint density at radius 2 is 1.79 bits per heavy atom. The van der Waals surface area contributed by atoms with E-state index in [2.05, 4.69) is 0 Å². The Morgan fingerprint density at radius 1 is 1.21 bits per heavy atom. The van der Waals surface area contributed by atoms with E-state index in [4.69, 9.17) is 11.5 Å². The van der Waals surface area contributed by atoms with Crippen LogP contribution < -0.4 is 11.5 Å². The lowest BCUT2D eigenvalue weighted by atomic mass is 9.95. The number of aliphatic hydroxyl groups excluding tert-OH is 1. The molecule has 78 valence electrons. The zero-order chi connectivity index (χ0) is 10.9. The highest BCUT2D eigenvalue weighted by Gasteiger charge is 2.15. The molecule has 0 saturated heterocycles. The Labute approximate surface area is 84.7 Å². The molecule has 0 aliphatic heterocycles. The maximum absolute atomic E-state index is 9.40. The third-order valence-corrected chi connectivity index (χ3v) is 2.53. The topological polar surface area (TPSA) is 72.3 Å². The van der Waals surface area contributed by atoms with Gasteiger partial charge >= 0.3 is 0 Å². The second-order valence-electron chi connectivity index (χ2n) is 3.83. The number of benzene rings is 1. The first kappa shape index (κ1) is 11.0. The van der Waals surface area contributed by atoms with Gasteiger partial charge in [-0.2, -0.15) is 0 Å². The maximum Gasteiger partial charge on any atom is 0.0704 e. The van der Waals surface area contributed by atoms with Crippen LogP contribution in [-0.4, -0.2) is 11.2 Å². The van der Waals surface area contributed by atoms with Crippen LogP contribution in [0.5, 0.6) is 0 Å². The van der Waals surface area contributed by atoms with Gasteiger partial charge in [-0.25, -0.2) is 0 Å². The standard InChI is InChI=1S/C11H18N2O/c1-6-5-10(12)7(2)4-9(6)11(13)8(3)14/h4-5,8,11,14H,12-13H2,1-3H3/t8?,11-/m1/s1. The molecular weight excluding hydrogens is 176 g/mol. The predicted molar refractivity (Wildman–Crippen MR) is 58.9 cm³/mol. The molecule has 0 heterocycles. The first-order valence-corrected chi connectivity index (χ1v) is 4.73. The molecule has 5 N–H and O–H groups in total. The van der Waals surface area contributed by atoms with Crippen LogP contribution in [0, 0.1) is 13.8 Å². The van der Waals surface area contributed by atoms with E-state index in [-0.39, 0.29) is 6.04 Å². The Hall–Kier alpha value is -1.06. The van der Waals surface area contributed by atoms with Crippen LogP contribution in [-0.2, 0) is 0 Å². The lowest BCUT2D eigenvalue weighted by Gasteiger charge is -2.18. The van der Waals surface area contributed by atoms with Gasteiger partial charge in [0.25, 0.3) is 0 Å². The van der Waals surface area contributed by atoms with Gasteiger partial charge in [0, 0.05) is 5.69 Å². The van der Waals surface area contributed by atoms with Crippen LogP contribution in [0.2, 0.25) is 0 Å². The van der Waals surface area contributed by atoms with Crippen LogP contribution in [0.3, 0.4) is 0 Å². The molecule has 0 spiro atoms. The Balaban J connectivity index is 3.15. The summed E-state index contributed by atoms with van der Waals surface area (Å²) in [6, 6.07) is 3.50. The van der Waals surface area contributed by atoms with Crippen molar-refractivity contribution in [3.63, 3.8) is 0 Å². The molecule has 0 aliphatic rings. The summed E-state index contributed by atoms with van der Waals surface area (Å²) in [6.45, 7) is 5.58.